The Labute approximate surface area is 86.9 Å². The number of phenols is 1. The molecule has 1 rings (SSSR count). The minimum atomic E-state index is -0.0810. The van der Waals surface area contributed by atoms with Crippen LogP contribution in [-0.4, -0.2) is 16.8 Å². The van der Waals surface area contributed by atoms with Crippen LogP contribution in [0.15, 0.2) is 23.1 Å². The molecular weight excluding hydrogens is 208 g/mol. The van der Waals surface area contributed by atoms with Gasteiger partial charge in [-0.15, -0.1) is 24.2 Å². The molecule has 0 unspecified atom stereocenters. The van der Waals surface area contributed by atoms with E-state index in [4.69, 9.17) is 11.6 Å². The number of rotatable bonds is 3. The fraction of sp³-hybridized carbons (Fsp3) is 0.222. The van der Waals surface area contributed by atoms with E-state index in [0.717, 1.165) is 0 Å². The van der Waals surface area contributed by atoms with Crippen molar-refractivity contribution in [3.05, 3.63) is 23.8 Å². The second-order valence-electron chi connectivity index (χ2n) is 2.63. The summed E-state index contributed by atoms with van der Waals surface area (Å²) in [5.41, 5.74) is 0.703. The largest absolute Gasteiger partial charge is 0.507 e. The first-order chi connectivity index (χ1) is 6.15. The highest BCUT2D eigenvalue weighted by molar-refractivity contribution is 7.80. The summed E-state index contributed by atoms with van der Waals surface area (Å²) in [5, 5.41) is 9.27. The van der Waals surface area contributed by atoms with Crippen molar-refractivity contribution >= 4 is 30.0 Å². The van der Waals surface area contributed by atoms with E-state index < -0.39 is 0 Å². The van der Waals surface area contributed by atoms with Crippen LogP contribution in [0.1, 0.15) is 5.56 Å². The van der Waals surface area contributed by atoms with Crippen molar-refractivity contribution < 1.29 is 9.90 Å². The van der Waals surface area contributed by atoms with Crippen molar-refractivity contribution in [2.45, 2.75) is 11.3 Å². The molecule has 0 fully saturated rings. The number of phenolic OH excluding ortho intramolecular Hbond substituents is 1. The van der Waals surface area contributed by atoms with Gasteiger partial charge < -0.3 is 5.11 Å². The maximum absolute atomic E-state index is 11.0. The van der Waals surface area contributed by atoms with Crippen LogP contribution in [0, 0.1) is 0 Å². The Morgan fingerprint density at radius 1 is 1.54 bits per heavy atom. The summed E-state index contributed by atoms with van der Waals surface area (Å²) in [5.74, 6) is -0.00569. The Bertz CT molecular complexity index is 325. The fourth-order valence-corrected chi connectivity index (χ4v) is 1.30. The lowest BCUT2D eigenvalue weighted by atomic mass is 10.1. The number of hydrogen-bond acceptors (Lipinski definition) is 3. The smallest absolute Gasteiger partial charge is 0.151 e. The molecule has 0 saturated heterocycles. The lowest BCUT2D eigenvalue weighted by molar-refractivity contribution is -0.116. The molecular formula is C9H9ClO2S. The third-order valence-electron chi connectivity index (χ3n) is 1.63. The van der Waals surface area contributed by atoms with Crippen molar-refractivity contribution in [3.63, 3.8) is 0 Å². The molecule has 0 aliphatic carbocycles. The van der Waals surface area contributed by atoms with Gasteiger partial charge in [-0.2, -0.15) is 0 Å². The van der Waals surface area contributed by atoms with Crippen molar-refractivity contribution in [3.8, 4) is 5.75 Å². The zero-order valence-electron chi connectivity index (χ0n) is 6.83. The molecule has 0 amide bonds. The lowest BCUT2D eigenvalue weighted by Crippen LogP contribution is -2.04. The molecule has 0 aromatic heterocycles. The molecule has 1 aromatic rings. The molecule has 0 saturated carbocycles. The van der Waals surface area contributed by atoms with E-state index in [1.165, 1.54) is 6.07 Å². The molecule has 0 bridgehead atoms. The Hall–Kier alpha value is -0.670. The molecule has 1 aromatic carbocycles. The van der Waals surface area contributed by atoms with E-state index in [2.05, 4.69) is 12.6 Å². The second kappa shape index (κ2) is 4.53. The van der Waals surface area contributed by atoms with Crippen LogP contribution in [0.2, 0.25) is 0 Å². The molecule has 70 valence electrons. The summed E-state index contributed by atoms with van der Waals surface area (Å²) < 4.78 is 0. The number of halogens is 1. The second-order valence-corrected chi connectivity index (χ2v) is 3.35. The molecule has 0 radical (unpaired) electrons. The molecule has 0 aliphatic heterocycles. The first kappa shape index (κ1) is 10.4. The van der Waals surface area contributed by atoms with Crippen molar-refractivity contribution in [2.24, 2.45) is 0 Å². The zero-order chi connectivity index (χ0) is 9.84. The number of carbonyl (C=O) groups is 1. The third-order valence-corrected chi connectivity index (χ3v) is 2.45. The van der Waals surface area contributed by atoms with Crippen molar-refractivity contribution in [1.29, 1.82) is 0 Å². The standard InChI is InChI=1S/C9H9ClO2S/c10-5-7(11)4-6-2-1-3-8(12)9(6)13/h1-3,12-13H,4-5H2. The topological polar surface area (TPSA) is 37.3 Å². The number of Topliss-reactive ketones (excluding diaryl/α,β-unsaturated/α-hetero) is 1. The number of benzene rings is 1. The van der Waals surface area contributed by atoms with E-state index in [1.807, 2.05) is 0 Å². The number of alkyl halides is 1. The van der Waals surface area contributed by atoms with Gasteiger partial charge in [0.25, 0.3) is 0 Å². The minimum Gasteiger partial charge on any atom is -0.507 e. The van der Waals surface area contributed by atoms with Gasteiger partial charge in [0.2, 0.25) is 0 Å². The average Bonchev–Trinajstić information content (AvgIpc) is 2.13. The molecule has 1 N–H and O–H groups in total. The van der Waals surface area contributed by atoms with Gasteiger partial charge in [-0.1, -0.05) is 12.1 Å². The van der Waals surface area contributed by atoms with Crippen LogP contribution >= 0.6 is 24.2 Å². The summed E-state index contributed by atoms with van der Waals surface area (Å²) in [6.45, 7) is 0. The predicted molar refractivity (Wildman–Crippen MR) is 54.8 cm³/mol. The highest BCUT2D eigenvalue weighted by atomic mass is 35.5. The monoisotopic (exact) mass is 216 g/mol. The van der Waals surface area contributed by atoms with Crippen LogP contribution in [0.25, 0.3) is 0 Å². The maximum Gasteiger partial charge on any atom is 0.151 e. The van der Waals surface area contributed by atoms with Gasteiger partial charge >= 0.3 is 0 Å². The number of thiol groups is 1. The minimum absolute atomic E-state index is 0.0110. The van der Waals surface area contributed by atoms with Crippen LogP contribution in [-0.2, 0) is 11.2 Å². The normalized spacial score (nSPS) is 10.0. The molecule has 0 heterocycles. The Morgan fingerprint density at radius 2 is 2.23 bits per heavy atom. The highest BCUT2D eigenvalue weighted by Crippen LogP contribution is 2.25. The van der Waals surface area contributed by atoms with Crippen LogP contribution in [0.4, 0.5) is 0 Å². The highest BCUT2D eigenvalue weighted by Gasteiger charge is 2.07. The first-order valence-electron chi connectivity index (χ1n) is 3.72. The molecule has 2 nitrogen and oxygen atoms in total. The number of aromatic hydroxyl groups is 1. The van der Waals surface area contributed by atoms with E-state index >= 15 is 0 Å². The lowest BCUT2D eigenvalue weighted by Gasteiger charge is -2.04. The summed E-state index contributed by atoms with van der Waals surface area (Å²) >= 11 is 9.44. The van der Waals surface area contributed by atoms with Gasteiger partial charge in [-0.3, -0.25) is 4.79 Å². The van der Waals surface area contributed by atoms with E-state index in [0.29, 0.717) is 10.5 Å². The number of hydrogen-bond donors (Lipinski definition) is 2. The molecule has 0 aliphatic rings. The Kier molecular flexibility index (Phi) is 3.63. The van der Waals surface area contributed by atoms with Gasteiger partial charge in [0.1, 0.15) is 5.75 Å². The van der Waals surface area contributed by atoms with Crippen molar-refractivity contribution in [1.82, 2.24) is 0 Å². The summed E-state index contributed by atoms with van der Waals surface area (Å²) in [7, 11) is 0. The van der Waals surface area contributed by atoms with Gasteiger partial charge in [0.15, 0.2) is 5.78 Å². The quantitative estimate of drug-likeness (QED) is 0.599. The zero-order valence-corrected chi connectivity index (χ0v) is 8.48. The maximum atomic E-state index is 11.0. The van der Waals surface area contributed by atoms with Crippen LogP contribution in [0.3, 0.4) is 0 Å². The molecule has 0 atom stereocenters. The average molecular weight is 217 g/mol. The van der Waals surface area contributed by atoms with E-state index in [-0.39, 0.29) is 23.8 Å². The number of ketones is 1. The Balaban J connectivity index is 2.89. The fourth-order valence-electron chi connectivity index (χ4n) is 0.980. The third kappa shape index (κ3) is 2.64. The number of carbonyl (C=O) groups excluding carboxylic acids is 1. The summed E-state index contributed by atoms with van der Waals surface area (Å²) in [6.07, 6.45) is 0.219. The van der Waals surface area contributed by atoms with Gasteiger partial charge in [0.05, 0.1) is 5.88 Å². The van der Waals surface area contributed by atoms with Crippen LogP contribution < -0.4 is 0 Å². The first-order valence-corrected chi connectivity index (χ1v) is 4.71. The van der Waals surface area contributed by atoms with E-state index in [1.54, 1.807) is 12.1 Å². The SMILES string of the molecule is O=C(CCl)Cc1cccc(O)c1S. The molecule has 13 heavy (non-hydrogen) atoms. The Morgan fingerprint density at radius 3 is 2.85 bits per heavy atom. The summed E-state index contributed by atoms with van der Waals surface area (Å²) in [4.78, 5) is 11.4. The van der Waals surface area contributed by atoms with Gasteiger partial charge in [-0.25, -0.2) is 0 Å². The van der Waals surface area contributed by atoms with Crippen LogP contribution in [0.5, 0.6) is 5.75 Å². The summed E-state index contributed by atoms with van der Waals surface area (Å²) in [6, 6.07) is 4.94. The van der Waals surface area contributed by atoms with Gasteiger partial charge in [0, 0.05) is 11.3 Å². The van der Waals surface area contributed by atoms with Crippen molar-refractivity contribution in [2.75, 3.05) is 5.88 Å². The van der Waals surface area contributed by atoms with Gasteiger partial charge in [-0.05, 0) is 11.6 Å². The molecule has 4 heteroatoms. The molecule has 0 spiro atoms. The van der Waals surface area contributed by atoms with E-state index in [9.17, 15) is 9.90 Å². The predicted octanol–water partition coefficient (Wildman–Crippen LogP) is 2.03.